The molecule has 0 unspecified atom stereocenters. The highest BCUT2D eigenvalue weighted by Gasteiger charge is 2.14. The number of rotatable bonds is 9. The normalized spacial score (nSPS) is 10.9. The van der Waals surface area contributed by atoms with E-state index >= 15 is 0 Å². The van der Waals surface area contributed by atoms with Crippen LogP contribution in [-0.4, -0.2) is 25.6 Å². The first-order valence-corrected chi connectivity index (χ1v) is 11.6. The van der Waals surface area contributed by atoms with Crippen LogP contribution in [0.1, 0.15) is 28.4 Å². The topological polar surface area (TPSA) is 104 Å². The van der Waals surface area contributed by atoms with Crippen molar-refractivity contribution in [1.82, 2.24) is 5.32 Å². The number of hydrogen-bond acceptors (Lipinski definition) is 7. The number of fused-ring (bicyclic) bond motifs is 1. The first kappa shape index (κ1) is 25.2. The number of ether oxygens (including phenoxy) is 3. The maximum atomic E-state index is 12.5. The van der Waals surface area contributed by atoms with Gasteiger partial charge in [-0.05, 0) is 54.5 Å². The smallest absolute Gasteiger partial charge is 0.349 e. The van der Waals surface area contributed by atoms with Crippen LogP contribution in [0.2, 0.25) is 0 Å². The minimum Gasteiger partial charge on any atom is -0.493 e. The molecule has 3 aromatic carbocycles. The molecule has 0 fully saturated rings. The molecule has 1 amide bonds. The molecule has 37 heavy (non-hydrogen) atoms. The first-order valence-electron chi connectivity index (χ1n) is 11.6. The van der Waals surface area contributed by atoms with Crippen molar-refractivity contribution in [3.8, 4) is 17.2 Å². The lowest BCUT2D eigenvalue weighted by Crippen LogP contribution is -2.27. The lowest BCUT2D eigenvalue weighted by molar-refractivity contribution is -0.128. The van der Waals surface area contributed by atoms with Crippen LogP contribution >= 0.6 is 0 Å². The fourth-order valence-corrected chi connectivity index (χ4v) is 3.56. The molecule has 1 heterocycles. The Morgan fingerprint density at radius 1 is 0.973 bits per heavy atom. The Morgan fingerprint density at radius 2 is 1.78 bits per heavy atom. The fraction of sp³-hybridized carbons (Fsp3) is 0.138. The molecule has 188 valence electrons. The number of carbonyl (C=O) groups is 2. The number of methoxy groups -OCH3 is 1. The Hall–Kier alpha value is -4.85. The average Bonchev–Trinajstić information content (AvgIpc) is 2.91. The highest BCUT2D eigenvalue weighted by Crippen LogP contribution is 2.28. The Balaban J connectivity index is 1.43. The number of carbonyl (C=O) groups excluding carboxylic acids is 2. The molecular weight excluding hydrogens is 474 g/mol. The van der Waals surface area contributed by atoms with E-state index in [0.29, 0.717) is 23.5 Å². The third-order valence-corrected chi connectivity index (χ3v) is 5.37. The van der Waals surface area contributed by atoms with Crippen LogP contribution in [0.3, 0.4) is 0 Å². The SMILES string of the molecule is CCOc1ccc(/C=C/C(=O)Oc2ccc3cc(C(=O)NCc4ccccc4)c(=O)oc3c2)cc1OC. The maximum Gasteiger partial charge on any atom is 0.349 e. The van der Waals surface area contributed by atoms with Crippen molar-refractivity contribution in [1.29, 1.82) is 0 Å². The molecule has 0 spiro atoms. The van der Waals surface area contributed by atoms with Crippen LogP contribution in [0.4, 0.5) is 0 Å². The van der Waals surface area contributed by atoms with E-state index in [1.807, 2.05) is 37.3 Å². The Bertz CT molecular complexity index is 1510. The molecule has 0 radical (unpaired) electrons. The van der Waals surface area contributed by atoms with Gasteiger partial charge in [0.25, 0.3) is 5.91 Å². The van der Waals surface area contributed by atoms with E-state index in [1.165, 1.54) is 25.3 Å². The highest BCUT2D eigenvalue weighted by molar-refractivity contribution is 5.97. The van der Waals surface area contributed by atoms with Gasteiger partial charge in [0, 0.05) is 24.1 Å². The van der Waals surface area contributed by atoms with Crippen LogP contribution in [0, 0.1) is 0 Å². The van der Waals surface area contributed by atoms with Gasteiger partial charge in [-0.3, -0.25) is 4.79 Å². The molecule has 4 rings (SSSR count). The molecule has 0 aliphatic heterocycles. The Morgan fingerprint density at radius 3 is 2.54 bits per heavy atom. The van der Waals surface area contributed by atoms with Crippen LogP contribution in [0.25, 0.3) is 17.0 Å². The summed E-state index contributed by atoms with van der Waals surface area (Å²) in [7, 11) is 1.54. The van der Waals surface area contributed by atoms with Crippen molar-refractivity contribution in [2.24, 2.45) is 0 Å². The molecule has 4 aromatic rings. The predicted molar refractivity (Wildman–Crippen MR) is 139 cm³/mol. The summed E-state index contributed by atoms with van der Waals surface area (Å²) < 4.78 is 21.5. The number of amides is 1. The standard InChI is InChI=1S/C29H25NO7/c1-3-35-24-13-9-19(15-26(24)34-2)10-14-27(31)36-22-12-11-21-16-23(29(33)37-25(21)17-22)28(32)30-18-20-7-5-4-6-8-20/h4-17H,3,18H2,1-2H3,(H,30,32)/b14-10+. The molecule has 0 saturated heterocycles. The molecule has 0 aliphatic carbocycles. The van der Waals surface area contributed by atoms with Gasteiger partial charge >= 0.3 is 11.6 Å². The summed E-state index contributed by atoms with van der Waals surface area (Å²) in [6, 6.07) is 20.7. The zero-order chi connectivity index (χ0) is 26.2. The predicted octanol–water partition coefficient (Wildman–Crippen LogP) is 4.75. The summed E-state index contributed by atoms with van der Waals surface area (Å²) in [4.78, 5) is 37.3. The lowest BCUT2D eigenvalue weighted by Gasteiger charge is -2.09. The summed E-state index contributed by atoms with van der Waals surface area (Å²) in [5, 5.41) is 3.23. The van der Waals surface area contributed by atoms with Crippen LogP contribution < -0.4 is 25.2 Å². The summed E-state index contributed by atoms with van der Waals surface area (Å²) in [5.74, 6) is 0.197. The van der Waals surface area contributed by atoms with Crippen LogP contribution in [-0.2, 0) is 11.3 Å². The van der Waals surface area contributed by atoms with E-state index in [9.17, 15) is 14.4 Å². The molecule has 8 nitrogen and oxygen atoms in total. The van der Waals surface area contributed by atoms with Crippen molar-refractivity contribution < 1.29 is 28.2 Å². The van der Waals surface area contributed by atoms with E-state index in [1.54, 1.807) is 36.4 Å². The summed E-state index contributed by atoms with van der Waals surface area (Å²) >= 11 is 0. The molecule has 0 atom stereocenters. The average molecular weight is 500 g/mol. The monoisotopic (exact) mass is 499 g/mol. The van der Waals surface area contributed by atoms with Crippen LogP contribution in [0.15, 0.2) is 88.1 Å². The second kappa shape index (κ2) is 11.7. The van der Waals surface area contributed by atoms with Gasteiger partial charge in [-0.1, -0.05) is 36.4 Å². The number of hydrogen-bond donors (Lipinski definition) is 1. The van der Waals surface area contributed by atoms with Crippen molar-refractivity contribution in [2.45, 2.75) is 13.5 Å². The number of benzene rings is 3. The first-order chi connectivity index (χ1) is 18.0. The quantitative estimate of drug-likeness (QED) is 0.153. The van der Waals surface area contributed by atoms with Crippen LogP contribution in [0.5, 0.6) is 17.2 Å². The number of esters is 1. The van der Waals surface area contributed by atoms with E-state index in [0.717, 1.165) is 11.1 Å². The maximum absolute atomic E-state index is 12.5. The van der Waals surface area contributed by atoms with Gasteiger partial charge in [-0.15, -0.1) is 0 Å². The summed E-state index contributed by atoms with van der Waals surface area (Å²) in [6.07, 6.45) is 2.86. The van der Waals surface area contributed by atoms with E-state index in [4.69, 9.17) is 18.6 Å². The van der Waals surface area contributed by atoms with Crippen molar-refractivity contribution in [2.75, 3.05) is 13.7 Å². The van der Waals surface area contributed by atoms with E-state index in [2.05, 4.69) is 5.32 Å². The minimum absolute atomic E-state index is 0.109. The van der Waals surface area contributed by atoms with Gasteiger partial charge in [0.15, 0.2) is 11.5 Å². The molecule has 8 heteroatoms. The lowest BCUT2D eigenvalue weighted by atomic mass is 10.1. The van der Waals surface area contributed by atoms with Crippen molar-refractivity contribution in [3.05, 3.63) is 106 Å². The number of nitrogens with one attached hydrogen (secondary N) is 1. The molecule has 0 aliphatic rings. The third-order valence-electron chi connectivity index (χ3n) is 5.37. The van der Waals surface area contributed by atoms with Gasteiger partial charge in [0.05, 0.1) is 13.7 Å². The van der Waals surface area contributed by atoms with E-state index < -0.39 is 17.5 Å². The zero-order valence-electron chi connectivity index (χ0n) is 20.4. The summed E-state index contributed by atoms with van der Waals surface area (Å²) in [5.41, 5.74) is 0.922. The largest absolute Gasteiger partial charge is 0.493 e. The summed E-state index contributed by atoms with van der Waals surface area (Å²) in [6.45, 7) is 2.67. The molecule has 0 saturated carbocycles. The van der Waals surface area contributed by atoms with Gasteiger partial charge in [-0.25, -0.2) is 9.59 Å². The second-order valence-corrected chi connectivity index (χ2v) is 7.91. The molecule has 1 aromatic heterocycles. The van der Waals surface area contributed by atoms with Gasteiger partial charge in [0.1, 0.15) is 16.9 Å². The molecule has 0 bridgehead atoms. The molecular formula is C29H25NO7. The zero-order valence-corrected chi connectivity index (χ0v) is 20.4. The van der Waals surface area contributed by atoms with Crippen molar-refractivity contribution in [3.63, 3.8) is 0 Å². The van der Waals surface area contributed by atoms with Gasteiger partial charge in [-0.2, -0.15) is 0 Å². The van der Waals surface area contributed by atoms with Gasteiger partial charge < -0.3 is 23.9 Å². The minimum atomic E-state index is -0.786. The third kappa shape index (κ3) is 6.43. The Labute approximate surface area is 213 Å². The fourth-order valence-electron chi connectivity index (χ4n) is 3.56. The highest BCUT2D eigenvalue weighted by atomic mass is 16.5. The second-order valence-electron chi connectivity index (χ2n) is 7.91. The van der Waals surface area contributed by atoms with E-state index in [-0.39, 0.29) is 23.4 Å². The van der Waals surface area contributed by atoms with Gasteiger partial charge in [0.2, 0.25) is 0 Å². The van der Waals surface area contributed by atoms with Crippen molar-refractivity contribution >= 4 is 28.9 Å². The Kier molecular flexibility index (Phi) is 8.00. The molecule has 1 N–H and O–H groups in total.